The van der Waals surface area contributed by atoms with Gasteiger partial charge in [-0.05, 0) is 46.5 Å². The van der Waals surface area contributed by atoms with Gasteiger partial charge in [0.25, 0.3) is 0 Å². The van der Waals surface area contributed by atoms with Gasteiger partial charge in [0.1, 0.15) is 39.6 Å². The van der Waals surface area contributed by atoms with E-state index in [0.717, 1.165) is 24.8 Å². The molecule has 5 atom stereocenters. The second-order valence-corrected chi connectivity index (χ2v) is 14.6. The van der Waals surface area contributed by atoms with Crippen LogP contribution in [0.2, 0.25) is 0 Å². The summed E-state index contributed by atoms with van der Waals surface area (Å²) in [7, 11) is 0. The maximum absolute atomic E-state index is 14.4. The highest BCUT2D eigenvalue weighted by Gasteiger charge is 2.61. The Hall–Kier alpha value is -4.59. The van der Waals surface area contributed by atoms with Gasteiger partial charge in [0.2, 0.25) is 11.8 Å². The molecule has 3 N–H and O–H groups in total. The SMILES string of the molecule is CC(C)(C)OC(=O)N[C@H]1CCCCCC=C[C@@H]2C[C@@]2(C(=O)O)NC(=O)[C@@H]2C[C@H](n3nc(-c4ccccc4)c(-c4nccs4)n3)CN2C1=O. The third-order valence-electron chi connectivity index (χ3n) is 8.97. The molecule has 14 heteroatoms. The first-order valence-corrected chi connectivity index (χ1v) is 17.3. The minimum atomic E-state index is -1.43. The van der Waals surface area contributed by atoms with Crippen LogP contribution in [0.4, 0.5) is 4.79 Å². The first kappa shape index (κ1) is 33.3. The first-order chi connectivity index (χ1) is 22.9. The van der Waals surface area contributed by atoms with Crippen molar-refractivity contribution in [3.8, 4) is 22.0 Å². The van der Waals surface area contributed by atoms with Gasteiger partial charge >= 0.3 is 12.1 Å². The average Bonchev–Trinajstić information content (AvgIpc) is 3.50. The summed E-state index contributed by atoms with van der Waals surface area (Å²) in [6.07, 6.45) is 8.64. The average molecular weight is 676 g/mol. The summed E-state index contributed by atoms with van der Waals surface area (Å²) in [6, 6.07) is 7.10. The zero-order valence-corrected chi connectivity index (χ0v) is 28.1. The Morgan fingerprint density at radius 2 is 1.88 bits per heavy atom. The molecular weight excluding hydrogens is 634 g/mol. The summed E-state index contributed by atoms with van der Waals surface area (Å²) in [5.41, 5.74) is -0.166. The molecule has 2 aliphatic heterocycles. The topological polar surface area (TPSA) is 169 Å². The van der Waals surface area contributed by atoms with Crippen molar-refractivity contribution in [1.29, 1.82) is 0 Å². The molecule has 2 fully saturated rings. The van der Waals surface area contributed by atoms with Crippen molar-refractivity contribution >= 4 is 35.2 Å². The molecule has 3 aliphatic rings. The summed E-state index contributed by atoms with van der Waals surface area (Å²) in [4.78, 5) is 61.2. The van der Waals surface area contributed by atoms with Crippen LogP contribution in [0, 0.1) is 5.92 Å². The minimum Gasteiger partial charge on any atom is -0.479 e. The quantitative estimate of drug-likeness (QED) is 0.328. The van der Waals surface area contributed by atoms with Crippen LogP contribution in [0.3, 0.4) is 0 Å². The van der Waals surface area contributed by atoms with Gasteiger partial charge in [-0.2, -0.15) is 9.90 Å². The second-order valence-electron chi connectivity index (χ2n) is 13.7. The van der Waals surface area contributed by atoms with E-state index in [4.69, 9.17) is 14.9 Å². The van der Waals surface area contributed by atoms with Gasteiger partial charge in [-0.25, -0.2) is 14.6 Å². The van der Waals surface area contributed by atoms with Crippen molar-refractivity contribution in [3.63, 3.8) is 0 Å². The first-order valence-electron chi connectivity index (χ1n) is 16.4. The van der Waals surface area contributed by atoms with E-state index in [-0.39, 0.29) is 25.3 Å². The third-order valence-corrected chi connectivity index (χ3v) is 9.75. The summed E-state index contributed by atoms with van der Waals surface area (Å²) < 4.78 is 5.49. The number of nitrogens with zero attached hydrogens (tertiary/aromatic N) is 5. The molecule has 2 aromatic heterocycles. The van der Waals surface area contributed by atoms with Gasteiger partial charge in [-0.3, -0.25) is 9.59 Å². The molecule has 1 saturated carbocycles. The Morgan fingerprint density at radius 1 is 1.10 bits per heavy atom. The largest absolute Gasteiger partial charge is 0.479 e. The Kier molecular flexibility index (Phi) is 9.37. The van der Waals surface area contributed by atoms with Gasteiger partial charge in [0.05, 0.1) is 6.04 Å². The number of hydrogen-bond donors (Lipinski definition) is 3. The zero-order valence-electron chi connectivity index (χ0n) is 27.3. The fourth-order valence-corrected chi connectivity index (χ4v) is 7.08. The number of amides is 3. The molecule has 1 saturated heterocycles. The zero-order chi connectivity index (χ0) is 34.1. The predicted octanol–water partition coefficient (Wildman–Crippen LogP) is 4.58. The Labute approximate surface area is 282 Å². The lowest BCUT2D eigenvalue weighted by Gasteiger charge is -2.30. The number of rotatable bonds is 5. The van der Waals surface area contributed by atoms with E-state index in [1.807, 2.05) is 47.9 Å². The number of thiazole rings is 1. The predicted molar refractivity (Wildman–Crippen MR) is 178 cm³/mol. The van der Waals surface area contributed by atoms with Gasteiger partial charge < -0.3 is 25.4 Å². The van der Waals surface area contributed by atoms with Crippen LogP contribution in [0.25, 0.3) is 22.0 Å². The van der Waals surface area contributed by atoms with E-state index < -0.39 is 53.1 Å². The number of alkyl carbamates (subject to hydrolysis) is 1. The highest BCUT2D eigenvalue weighted by molar-refractivity contribution is 7.13. The Balaban J connectivity index is 1.35. The Morgan fingerprint density at radius 3 is 2.58 bits per heavy atom. The maximum Gasteiger partial charge on any atom is 0.408 e. The van der Waals surface area contributed by atoms with Gasteiger partial charge in [0, 0.05) is 36.0 Å². The normalized spacial score (nSPS) is 26.4. The molecule has 254 valence electrons. The molecule has 6 rings (SSSR count). The molecule has 3 amide bonds. The van der Waals surface area contributed by atoms with Gasteiger partial charge in [0.15, 0.2) is 0 Å². The molecule has 4 heterocycles. The van der Waals surface area contributed by atoms with E-state index >= 15 is 0 Å². The smallest absolute Gasteiger partial charge is 0.408 e. The van der Waals surface area contributed by atoms with E-state index in [2.05, 4.69) is 15.6 Å². The van der Waals surface area contributed by atoms with Crippen molar-refractivity contribution in [1.82, 2.24) is 35.5 Å². The number of carboxylic acid groups (broad SMARTS) is 1. The molecular formula is C34H41N7O6S. The molecule has 3 aromatic rings. The number of carbonyl (C=O) groups excluding carboxylic acids is 3. The number of fused-ring (bicyclic) bond motifs is 2. The van der Waals surface area contributed by atoms with Crippen molar-refractivity contribution in [2.45, 2.75) is 95.0 Å². The molecule has 0 unspecified atom stereocenters. The third kappa shape index (κ3) is 7.13. The van der Waals surface area contributed by atoms with Crippen LogP contribution in [0.1, 0.15) is 71.8 Å². The number of aliphatic carboxylic acids is 1. The second kappa shape index (κ2) is 13.5. The number of carbonyl (C=O) groups is 4. The molecule has 13 nitrogen and oxygen atoms in total. The van der Waals surface area contributed by atoms with Crippen LogP contribution in [0.5, 0.6) is 0 Å². The number of ether oxygens (including phenoxy) is 1. The van der Waals surface area contributed by atoms with Crippen LogP contribution >= 0.6 is 11.3 Å². The monoisotopic (exact) mass is 675 g/mol. The maximum atomic E-state index is 14.4. The van der Waals surface area contributed by atoms with Crippen LogP contribution in [-0.4, -0.2) is 83.6 Å². The van der Waals surface area contributed by atoms with Crippen molar-refractivity contribution < 1.29 is 29.0 Å². The standard InChI is InChI=1S/C34H41N7O6S/c1-33(2,3)47-32(46)36-24-15-11-6-4-5-10-14-22-19-34(22,31(44)45)37-28(42)25-18-23(20-40(25)30(24)43)41-38-26(21-12-8-7-9-13-21)27(39-41)29-35-16-17-48-29/h7-10,12-14,16-17,22-25H,4-6,11,15,18-20H2,1-3H3,(H,36,46)(H,37,42)(H,44,45)/t22-,23+,24+,25+,34-/m1/s1. The van der Waals surface area contributed by atoms with Crippen LogP contribution in [-0.2, 0) is 19.1 Å². The number of allylic oxidation sites excluding steroid dienone is 1. The van der Waals surface area contributed by atoms with Crippen LogP contribution < -0.4 is 10.6 Å². The van der Waals surface area contributed by atoms with Crippen molar-refractivity contribution in [3.05, 3.63) is 54.1 Å². The fourth-order valence-electron chi connectivity index (χ4n) is 6.46. The Bertz CT molecular complexity index is 1680. The van der Waals surface area contributed by atoms with E-state index in [9.17, 15) is 24.3 Å². The van der Waals surface area contributed by atoms with E-state index in [0.29, 0.717) is 29.2 Å². The van der Waals surface area contributed by atoms with E-state index in [1.165, 1.54) is 21.0 Å². The number of benzene rings is 1. The summed E-state index contributed by atoms with van der Waals surface area (Å²) >= 11 is 1.43. The number of aromatic nitrogens is 4. The summed E-state index contributed by atoms with van der Waals surface area (Å²) in [5.74, 6) is -2.45. The highest BCUT2D eigenvalue weighted by atomic mass is 32.1. The molecule has 48 heavy (non-hydrogen) atoms. The van der Waals surface area contributed by atoms with Gasteiger partial charge in [-0.15, -0.1) is 16.4 Å². The van der Waals surface area contributed by atoms with Crippen LogP contribution in [0.15, 0.2) is 54.1 Å². The molecule has 0 radical (unpaired) electrons. The number of carboxylic acids is 1. The molecule has 1 aromatic carbocycles. The minimum absolute atomic E-state index is 0.0764. The van der Waals surface area contributed by atoms with Gasteiger partial charge in [-0.1, -0.05) is 55.3 Å². The fraction of sp³-hybridized carbons (Fsp3) is 0.500. The lowest BCUT2D eigenvalue weighted by molar-refractivity contribution is -0.145. The van der Waals surface area contributed by atoms with E-state index in [1.54, 1.807) is 27.0 Å². The summed E-state index contributed by atoms with van der Waals surface area (Å²) in [5, 5.41) is 28.0. The number of nitrogens with one attached hydrogen (secondary N) is 2. The lowest BCUT2D eigenvalue weighted by Crippen LogP contribution is -2.56. The molecule has 0 spiro atoms. The van der Waals surface area contributed by atoms with Crippen molar-refractivity contribution in [2.75, 3.05) is 6.54 Å². The highest BCUT2D eigenvalue weighted by Crippen LogP contribution is 2.45. The lowest BCUT2D eigenvalue weighted by atomic mass is 10.0. The van der Waals surface area contributed by atoms with Crippen molar-refractivity contribution in [2.24, 2.45) is 5.92 Å². The molecule has 0 bridgehead atoms. The number of hydrogen-bond acceptors (Lipinski definition) is 9. The summed E-state index contributed by atoms with van der Waals surface area (Å²) in [6.45, 7) is 5.31. The molecule has 1 aliphatic carbocycles.